The molecule has 1 saturated heterocycles. The Morgan fingerprint density at radius 3 is 2.26 bits per heavy atom. The summed E-state index contributed by atoms with van der Waals surface area (Å²) >= 11 is 6.98. The van der Waals surface area contributed by atoms with Gasteiger partial charge in [-0.15, -0.1) is 0 Å². The summed E-state index contributed by atoms with van der Waals surface area (Å²) in [6, 6.07) is 32.1. The molecule has 0 amide bonds. The summed E-state index contributed by atoms with van der Waals surface area (Å²) in [5.41, 5.74) is 5.73. The second-order valence-corrected chi connectivity index (χ2v) is 12.1. The van der Waals surface area contributed by atoms with Gasteiger partial charge in [0.1, 0.15) is 22.7 Å². The minimum atomic E-state index is -0.888. The molecule has 1 aliphatic heterocycles. The van der Waals surface area contributed by atoms with Crippen LogP contribution in [0.3, 0.4) is 0 Å². The van der Waals surface area contributed by atoms with Gasteiger partial charge in [0.25, 0.3) is 0 Å². The fraction of sp³-hybridized carbons (Fsp3) is 0.139. The van der Waals surface area contributed by atoms with E-state index in [2.05, 4.69) is 19.1 Å². The molecule has 1 atom stereocenters. The van der Waals surface area contributed by atoms with Gasteiger partial charge in [0.05, 0.1) is 6.54 Å². The molecule has 0 aliphatic carbocycles. The number of hydrogen-bond donors (Lipinski definition) is 1. The Labute approximate surface area is 261 Å². The quantitative estimate of drug-likeness (QED) is 0.106. The molecule has 1 N–H and O–H groups in total. The molecule has 0 unspecified atom stereocenters. The largest absolute Gasteiger partial charge is 0.489 e. The Hall–Kier alpha value is -4.46. The van der Waals surface area contributed by atoms with Crippen LogP contribution >= 0.6 is 24.0 Å². The first kappa shape index (κ1) is 30.0. The average Bonchev–Trinajstić information content (AvgIpc) is 3.38. The van der Waals surface area contributed by atoms with E-state index in [9.17, 15) is 14.7 Å². The van der Waals surface area contributed by atoms with Crippen molar-refractivity contribution >= 4 is 52.2 Å². The molecule has 0 radical (unpaired) electrons. The number of carbonyl (C=O) groups is 2. The SMILES string of the molecule is Cc1ccc(COc2ccc(C(=O)/C=C/c3ccc(/C=C4/CN([C@@H](Cc5ccccc5)C(=O)O)C(=S)S4)cc3)cc2)cc1. The topological polar surface area (TPSA) is 66.8 Å². The lowest BCUT2D eigenvalue weighted by Gasteiger charge is -2.25. The van der Waals surface area contributed by atoms with Crippen LogP contribution in [0.2, 0.25) is 0 Å². The van der Waals surface area contributed by atoms with Gasteiger partial charge in [0.2, 0.25) is 0 Å². The highest BCUT2D eigenvalue weighted by molar-refractivity contribution is 8.25. The molecule has 216 valence electrons. The van der Waals surface area contributed by atoms with E-state index in [1.807, 2.05) is 84.9 Å². The Kier molecular flexibility index (Phi) is 9.87. The number of carboxylic acids is 1. The van der Waals surface area contributed by atoms with Crippen molar-refractivity contribution < 1.29 is 19.4 Å². The van der Waals surface area contributed by atoms with Gasteiger partial charge in [-0.3, -0.25) is 4.79 Å². The molecule has 5 nitrogen and oxygen atoms in total. The molecular formula is C36H31NO4S2. The van der Waals surface area contributed by atoms with Gasteiger partial charge in [-0.1, -0.05) is 114 Å². The molecule has 0 saturated carbocycles. The summed E-state index contributed by atoms with van der Waals surface area (Å²) in [6.07, 6.45) is 5.77. The third-order valence-electron chi connectivity index (χ3n) is 7.07. The lowest BCUT2D eigenvalue weighted by molar-refractivity contribution is -0.141. The predicted molar refractivity (Wildman–Crippen MR) is 178 cm³/mol. The van der Waals surface area contributed by atoms with Crippen molar-refractivity contribution in [2.75, 3.05) is 6.54 Å². The fourth-order valence-electron chi connectivity index (χ4n) is 4.64. The lowest BCUT2D eigenvalue weighted by atomic mass is 10.0. The Balaban J connectivity index is 1.16. The maximum absolute atomic E-state index is 12.7. The van der Waals surface area contributed by atoms with Gasteiger partial charge in [0, 0.05) is 16.9 Å². The molecule has 5 rings (SSSR count). The minimum absolute atomic E-state index is 0.0873. The van der Waals surface area contributed by atoms with E-state index in [4.69, 9.17) is 17.0 Å². The van der Waals surface area contributed by atoms with Crippen LogP contribution in [-0.2, 0) is 17.8 Å². The number of ether oxygens (including phenoxy) is 1. The first-order chi connectivity index (χ1) is 20.8. The molecule has 1 heterocycles. The van der Waals surface area contributed by atoms with Crippen LogP contribution in [0.1, 0.15) is 38.2 Å². The third-order valence-corrected chi connectivity index (χ3v) is 8.47. The molecular weight excluding hydrogens is 575 g/mol. The summed E-state index contributed by atoms with van der Waals surface area (Å²) < 4.78 is 6.41. The van der Waals surface area contributed by atoms with Gasteiger partial charge in [-0.25, -0.2) is 4.79 Å². The second kappa shape index (κ2) is 14.1. The van der Waals surface area contributed by atoms with Crippen molar-refractivity contribution in [1.29, 1.82) is 0 Å². The number of aryl methyl sites for hydroxylation is 1. The summed E-state index contributed by atoms with van der Waals surface area (Å²) in [6.45, 7) is 2.98. The summed E-state index contributed by atoms with van der Waals surface area (Å²) in [5.74, 6) is -0.262. The number of nitrogens with zero attached hydrogens (tertiary/aromatic N) is 1. The number of ketones is 1. The number of aliphatic carboxylic acids is 1. The highest BCUT2D eigenvalue weighted by Crippen LogP contribution is 2.33. The number of carboxylic acid groups (broad SMARTS) is 1. The van der Waals surface area contributed by atoms with Crippen LogP contribution in [0, 0.1) is 6.92 Å². The molecule has 4 aromatic carbocycles. The number of allylic oxidation sites excluding steroid dienone is 1. The van der Waals surface area contributed by atoms with Crippen LogP contribution in [-0.4, -0.2) is 38.7 Å². The van der Waals surface area contributed by atoms with E-state index in [-0.39, 0.29) is 5.78 Å². The highest BCUT2D eigenvalue weighted by Gasteiger charge is 2.33. The molecule has 4 aromatic rings. The average molecular weight is 606 g/mol. The van der Waals surface area contributed by atoms with E-state index >= 15 is 0 Å². The molecule has 0 bridgehead atoms. The van der Waals surface area contributed by atoms with Crippen LogP contribution in [0.15, 0.2) is 114 Å². The van der Waals surface area contributed by atoms with E-state index in [1.54, 1.807) is 29.2 Å². The molecule has 0 spiro atoms. The van der Waals surface area contributed by atoms with Gasteiger partial charge < -0.3 is 14.7 Å². The summed E-state index contributed by atoms with van der Waals surface area (Å²) in [4.78, 5) is 27.6. The maximum atomic E-state index is 12.7. The van der Waals surface area contributed by atoms with Crippen molar-refractivity contribution in [2.24, 2.45) is 0 Å². The Morgan fingerprint density at radius 1 is 0.907 bits per heavy atom. The zero-order chi connectivity index (χ0) is 30.2. The highest BCUT2D eigenvalue weighted by atomic mass is 32.2. The van der Waals surface area contributed by atoms with Crippen molar-refractivity contribution in [2.45, 2.75) is 26.0 Å². The lowest BCUT2D eigenvalue weighted by Crippen LogP contribution is -2.42. The number of thioether (sulfide) groups is 1. The zero-order valence-electron chi connectivity index (χ0n) is 23.7. The number of rotatable bonds is 11. The number of hydrogen-bond acceptors (Lipinski definition) is 5. The van der Waals surface area contributed by atoms with E-state index in [0.29, 0.717) is 35.2 Å². The molecule has 0 aromatic heterocycles. The maximum Gasteiger partial charge on any atom is 0.326 e. The van der Waals surface area contributed by atoms with Crippen LogP contribution < -0.4 is 4.74 Å². The summed E-state index contributed by atoms with van der Waals surface area (Å²) in [5, 5.41) is 9.90. The second-order valence-electron chi connectivity index (χ2n) is 10.3. The van der Waals surface area contributed by atoms with Crippen molar-refractivity contribution in [1.82, 2.24) is 4.90 Å². The van der Waals surface area contributed by atoms with E-state index in [1.165, 1.54) is 17.3 Å². The van der Waals surface area contributed by atoms with E-state index in [0.717, 1.165) is 27.2 Å². The number of carbonyl (C=O) groups excluding carboxylic acids is 1. The van der Waals surface area contributed by atoms with Crippen LogP contribution in [0.4, 0.5) is 0 Å². The fourth-order valence-corrected chi connectivity index (χ4v) is 6.08. The van der Waals surface area contributed by atoms with E-state index < -0.39 is 12.0 Å². The first-order valence-electron chi connectivity index (χ1n) is 13.9. The van der Waals surface area contributed by atoms with Gasteiger partial charge in [-0.2, -0.15) is 0 Å². The number of thiocarbonyl (C=S) groups is 1. The van der Waals surface area contributed by atoms with Crippen LogP contribution in [0.5, 0.6) is 5.75 Å². The summed E-state index contributed by atoms with van der Waals surface area (Å²) in [7, 11) is 0. The first-order valence-corrected chi connectivity index (χ1v) is 15.1. The van der Waals surface area contributed by atoms with Crippen LogP contribution in [0.25, 0.3) is 12.2 Å². The normalized spacial score (nSPS) is 14.8. The number of benzene rings is 4. The van der Waals surface area contributed by atoms with Gasteiger partial charge in [0.15, 0.2) is 5.78 Å². The third kappa shape index (κ3) is 8.31. The van der Waals surface area contributed by atoms with Crippen molar-refractivity contribution in [3.05, 3.63) is 147 Å². The monoisotopic (exact) mass is 605 g/mol. The molecule has 7 heteroatoms. The van der Waals surface area contributed by atoms with Crippen molar-refractivity contribution in [3.8, 4) is 5.75 Å². The smallest absolute Gasteiger partial charge is 0.326 e. The molecule has 1 fully saturated rings. The predicted octanol–water partition coefficient (Wildman–Crippen LogP) is 7.84. The molecule has 1 aliphatic rings. The Morgan fingerprint density at radius 2 is 1.58 bits per heavy atom. The van der Waals surface area contributed by atoms with Gasteiger partial charge >= 0.3 is 5.97 Å². The zero-order valence-corrected chi connectivity index (χ0v) is 25.3. The standard InChI is InChI=1S/C36H31NO4S2/c1-25-7-9-29(10-8-25)24-41-31-18-16-30(17-19-31)34(38)20-15-26-11-13-28(14-12-26)21-32-23-37(36(42)43-32)33(35(39)40)22-27-5-3-2-4-6-27/h2-21,33H,22-24H2,1H3,(H,39,40)/b20-15+,32-21-/t33-/m0/s1. The minimum Gasteiger partial charge on any atom is -0.489 e. The van der Waals surface area contributed by atoms with Gasteiger partial charge in [-0.05, 0) is 65.6 Å². The Bertz CT molecular complexity index is 1640. The van der Waals surface area contributed by atoms with Crippen molar-refractivity contribution in [3.63, 3.8) is 0 Å². The molecule has 43 heavy (non-hydrogen) atoms.